The van der Waals surface area contributed by atoms with Crippen molar-refractivity contribution in [1.29, 1.82) is 0 Å². The van der Waals surface area contributed by atoms with E-state index in [9.17, 15) is 14.9 Å². The zero-order valence-corrected chi connectivity index (χ0v) is 12.2. The molecule has 21 heavy (non-hydrogen) atoms. The van der Waals surface area contributed by atoms with E-state index in [1.807, 2.05) is 7.05 Å². The van der Waals surface area contributed by atoms with Crippen LogP contribution in [0.3, 0.4) is 0 Å². The Morgan fingerprint density at radius 3 is 2.95 bits per heavy atom. The Hall–Kier alpha value is -1.99. The van der Waals surface area contributed by atoms with E-state index in [0.717, 1.165) is 0 Å². The summed E-state index contributed by atoms with van der Waals surface area (Å²) in [7, 11) is 1.84. The number of nitrogens with zero attached hydrogens (tertiary/aromatic N) is 2. The number of amides is 1. The average Bonchev–Trinajstić information content (AvgIpc) is 2.46. The normalized spacial score (nSPS) is 18.6. The van der Waals surface area contributed by atoms with Gasteiger partial charge in [-0.05, 0) is 26.1 Å². The molecule has 2 rings (SSSR count). The Balaban J connectivity index is 2.12. The maximum atomic E-state index is 12.5. The van der Waals surface area contributed by atoms with Crippen LogP contribution in [0.2, 0.25) is 0 Å². The first-order valence-electron chi connectivity index (χ1n) is 6.83. The number of carbonyl (C=O) groups is 1. The van der Waals surface area contributed by atoms with Crippen LogP contribution in [0, 0.1) is 17.0 Å². The monoisotopic (exact) mass is 293 g/mol. The highest BCUT2D eigenvalue weighted by Gasteiger charge is 2.25. The predicted octanol–water partition coefficient (Wildman–Crippen LogP) is 0.964. The molecular formula is C14H19N3O4. The molecular weight excluding hydrogens is 274 g/mol. The molecule has 1 aliphatic rings. The number of ether oxygens (including phenoxy) is 1. The number of hydrogen-bond acceptors (Lipinski definition) is 5. The van der Waals surface area contributed by atoms with Crippen LogP contribution in [0.25, 0.3) is 0 Å². The van der Waals surface area contributed by atoms with Crippen molar-refractivity contribution in [3.8, 4) is 0 Å². The molecule has 0 aliphatic carbocycles. The summed E-state index contributed by atoms with van der Waals surface area (Å²) in [5, 5.41) is 13.8. The molecule has 1 amide bonds. The fourth-order valence-corrected chi connectivity index (χ4v) is 2.43. The first-order chi connectivity index (χ1) is 10.0. The second kappa shape index (κ2) is 6.64. The van der Waals surface area contributed by atoms with Gasteiger partial charge < -0.3 is 15.0 Å². The molecule has 1 atom stereocenters. The third-order valence-electron chi connectivity index (χ3n) is 3.50. The van der Waals surface area contributed by atoms with Crippen molar-refractivity contribution in [2.24, 2.45) is 0 Å². The Bertz CT molecular complexity index is 545. The second-order valence-electron chi connectivity index (χ2n) is 5.06. The first-order valence-corrected chi connectivity index (χ1v) is 6.83. The lowest BCUT2D eigenvalue weighted by Gasteiger charge is -2.33. The molecule has 1 unspecified atom stereocenters. The predicted molar refractivity (Wildman–Crippen MR) is 77.4 cm³/mol. The van der Waals surface area contributed by atoms with Gasteiger partial charge in [-0.15, -0.1) is 0 Å². The Morgan fingerprint density at radius 2 is 2.33 bits per heavy atom. The van der Waals surface area contributed by atoms with Crippen molar-refractivity contribution in [2.45, 2.75) is 13.0 Å². The number of nitrogens with one attached hydrogen (secondary N) is 1. The maximum Gasteiger partial charge on any atom is 0.272 e. The molecule has 1 heterocycles. The Morgan fingerprint density at radius 1 is 1.57 bits per heavy atom. The summed E-state index contributed by atoms with van der Waals surface area (Å²) in [4.78, 5) is 24.6. The Labute approximate surface area is 123 Å². The second-order valence-corrected chi connectivity index (χ2v) is 5.06. The fraction of sp³-hybridized carbons (Fsp3) is 0.500. The van der Waals surface area contributed by atoms with Gasteiger partial charge >= 0.3 is 0 Å². The highest BCUT2D eigenvalue weighted by molar-refractivity contribution is 5.94. The SMILES string of the molecule is CNCC1CN(C(=O)c2ccc([N+](=O)[O-])c(C)c2)CCO1. The highest BCUT2D eigenvalue weighted by atomic mass is 16.6. The van der Waals surface area contributed by atoms with Crippen LogP contribution in [-0.4, -0.2) is 55.1 Å². The number of rotatable bonds is 4. The van der Waals surface area contributed by atoms with E-state index >= 15 is 0 Å². The van der Waals surface area contributed by atoms with Gasteiger partial charge in [0.05, 0.1) is 17.6 Å². The summed E-state index contributed by atoms with van der Waals surface area (Å²) >= 11 is 0. The largest absolute Gasteiger partial charge is 0.373 e. The number of aryl methyl sites for hydroxylation is 1. The molecule has 114 valence electrons. The van der Waals surface area contributed by atoms with E-state index in [4.69, 9.17) is 4.74 Å². The summed E-state index contributed by atoms with van der Waals surface area (Å²) in [5.74, 6) is -0.114. The number of carbonyl (C=O) groups excluding carboxylic acids is 1. The Kier molecular flexibility index (Phi) is 4.87. The minimum absolute atomic E-state index is 0.0214. The number of nitro groups is 1. The minimum Gasteiger partial charge on any atom is -0.373 e. The minimum atomic E-state index is -0.443. The van der Waals surface area contributed by atoms with Crippen molar-refractivity contribution in [2.75, 3.05) is 33.3 Å². The number of hydrogen-bond donors (Lipinski definition) is 1. The van der Waals surface area contributed by atoms with E-state index in [2.05, 4.69) is 5.32 Å². The standard InChI is InChI=1S/C14H19N3O4/c1-10-7-11(3-4-13(10)17(19)20)14(18)16-5-6-21-12(9-16)8-15-2/h3-4,7,12,15H,5-6,8-9H2,1-2H3. The van der Waals surface area contributed by atoms with Crippen LogP contribution in [0.1, 0.15) is 15.9 Å². The molecule has 0 radical (unpaired) electrons. The van der Waals surface area contributed by atoms with Gasteiger partial charge in [0.25, 0.3) is 11.6 Å². The van der Waals surface area contributed by atoms with Gasteiger partial charge in [-0.2, -0.15) is 0 Å². The molecule has 0 saturated carbocycles. The molecule has 7 nitrogen and oxygen atoms in total. The zero-order valence-electron chi connectivity index (χ0n) is 12.2. The quantitative estimate of drug-likeness (QED) is 0.660. The van der Waals surface area contributed by atoms with Gasteiger partial charge in [-0.1, -0.05) is 0 Å². The van der Waals surface area contributed by atoms with Crippen LogP contribution >= 0.6 is 0 Å². The lowest BCUT2D eigenvalue weighted by molar-refractivity contribution is -0.385. The van der Waals surface area contributed by atoms with Crippen LogP contribution in [0.5, 0.6) is 0 Å². The van der Waals surface area contributed by atoms with Gasteiger partial charge in [0, 0.05) is 36.8 Å². The third kappa shape index (κ3) is 3.56. The lowest BCUT2D eigenvalue weighted by atomic mass is 10.1. The molecule has 1 aromatic carbocycles. The number of likely N-dealkylation sites (N-methyl/N-ethyl adjacent to an activating group) is 1. The summed E-state index contributed by atoms with van der Waals surface area (Å²) in [5.41, 5.74) is 0.996. The average molecular weight is 293 g/mol. The molecule has 7 heteroatoms. The summed E-state index contributed by atoms with van der Waals surface area (Å²) < 4.78 is 5.56. The van der Waals surface area contributed by atoms with Crippen molar-refractivity contribution >= 4 is 11.6 Å². The van der Waals surface area contributed by atoms with E-state index < -0.39 is 4.92 Å². The molecule has 1 fully saturated rings. The summed E-state index contributed by atoms with van der Waals surface area (Å²) in [6, 6.07) is 4.47. The van der Waals surface area contributed by atoms with Crippen molar-refractivity contribution in [1.82, 2.24) is 10.2 Å². The summed E-state index contributed by atoms with van der Waals surface area (Å²) in [6.07, 6.45) is -0.0214. The van der Waals surface area contributed by atoms with Gasteiger partial charge in [0.2, 0.25) is 0 Å². The van der Waals surface area contributed by atoms with Gasteiger partial charge in [0.1, 0.15) is 0 Å². The molecule has 0 spiro atoms. The molecule has 1 aliphatic heterocycles. The molecule has 0 aromatic heterocycles. The lowest BCUT2D eigenvalue weighted by Crippen LogP contribution is -2.48. The molecule has 1 aromatic rings. The molecule has 1 N–H and O–H groups in total. The molecule has 0 bridgehead atoms. The highest BCUT2D eigenvalue weighted by Crippen LogP contribution is 2.20. The van der Waals surface area contributed by atoms with Crippen LogP contribution in [0.15, 0.2) is 18.2 Å². The van der Waals surface area contributed by atoms with Crippen LogP contribution in [-0.2, 0) is 4.74 Å². The first kappa shape index (κ1) is 15.4. The smallest absolute Gasteiger partial charge is 0.272 e. The van der Waals surface area contributed by atoms with Gasteiger partial charge in [-0.25, -0.2) is 0 Å². The van der Waals surface area contributed by atoms with Gasteiger partial charge in [0.15, 0.2) is 0 Å². The maximum absolute atomic E-state index is 12.5. The van der Waals surface area contributed by atoms with Crippen molar-refractivity contribution in [3.63, 3.8) is 0 Å². The summed E-state index contributed by atoms with van der Waals surface area (Å²) in [6.45, 7) is 3.88. The van der Waals surface area contributed by atoms with E-state index in [1.54, 1.807) is 17.9 Å². The van der Waals surface area contributed by atoms with Crippen LogP contribution in [0.4, 0.5) is 5.69 Å². The zero-order chi connectivity index (χ0) is 15.4. The van der Waals surface area contributed by atoms with E-state index in [0.29, 0.717) is 37.4 Å². The fourth-order valence-electron chi connectivity index (χ4n) is 2.43. The van der Waals surface area contributed by atoms with E-state index in [-0.39, 0.29) is 17.7 Å². The number of nitro benzene ring substituents is 1. The number of benzene rings is 1. The van der Waals surface area contributed by atoms with Gasteiger partial charge in [-0.3, -0.25) is 14.9 Å². The third-order valence-corrected chi connectivity index (χ3v) is 3.50. The topological polar surface area (TPSA) is 84.7 Å². The number of morpholine rings is 1. The molecule has 1 saturated heterocycles. The van der Waals surface area contributed by atoms with Crippen molar-refractivity contribution < 1.29 is 14.5 Å². The van der Waals surface area contributed by atoms with Crippen LogP contribution < -0.4 is 5.32 Å². The van der Waals surface area contributed by atoms with Crippen molar-refractivity contribution in [3.05, 3.63) is 39.4 Å². The van der Waals surface area contributed by atoms with E-state index in [1.165, 1.54) is 12.1 Å².